The lowest BCUT2D eigenvalue weighted by Crippen LogP contribution is -2.51. The van der Waals surface area contributed by atoms with Crippen LogP contribution in [0.25, 0.3) is 0 Å². The summed E-state index contributed by atoms with van der Waals surface area (Å²) in [5.74, 6) is -0.185. The van der Waals surface area contributed by atoms with Crippen LogP contribution >= 0.6 is 23.2 Å². The summed E-state index contributed by atoms with van der Waals surface area (Å²) in [5, 5.41) is 3.55. The number of amides is 2. The molecular formula is C25H33Cl2N3O6S. The van der Waals surface area contributed by atoms with Crippen molar-refractivity contribution in [2.45, 2.75) is 33.4 Å². The first kappa shape index (κ1) is 30.5. The first-order valence-corrected chi connectivity index (χ1v) is 14.1. The van der Waals surface area contributed by atoms with Gasteiger partial charge in [-0.05, 0) is 42.7 Å². The van der Waals surface area contributed by atoms with E-state index in [1.165, 1.54) is 31.3 Å². The Morgan fingerprint density at radius 2 is 1.70 bits per heavy atom. The quantitative estimate of drug-likeness (QED) is 0.412. The smallest absolute Gasteiger partial charge is 0.244 e. The van der Waals surface area contributed by atoms with Gasteiger partial charge < -0.3 is 19.7 Å². The van der Waals surface area contributed by atoms with Gasteiger partial charge in [0, 0.05) is 29.2 Å². The molecule has 0 aliphatic heterocycles. The van der Waals surface area contributed by atoms with Gasteiger partial charge in [-0.3, -0.25) is 13.9 Å². The minimum atomic E-state index is -3.95. The summed E-state index contributed by atoms with van der Waals surface area (Å²) in [6.45, 7) is 5.27. The van der Waals surface area contributed by atoms with E-state index in [2.05, 4.69) is 5.32 Å². The van der Waals surface area contributed by atoms with Crippen LogP contribution in [0.15, 0.2) is 36.4 Å². The molecule has 0 aliphatic rings. The summed E-state index contributed by atoms with van der Waals surface area (Å²) in [6.07, 6.45) is 0.984. The highest BCUT2D eigenvalue weighted by Gasteiger charge is 2.31. The van der Waals surface area contributed by atoms with Crippen LogP contribution in [-0.2, 0) is 26.2 Å². The molecule has 12 heteroatoms. The van der Waals surface area contributed by atoms with Crippen molar-refractivity contribution in [3.63, 3.8) is 0 Å². The van der Waals surface area contributed by atoms with Crippen molar-refractivity contribution in [1.82, 2.24) is 10.2 Å². The molecule has 0 radical (unpaired) electrons. The molecule has 2 aromatic rings. The van der Waals surface area contributed by atoms with Crippen LogP contribution in [-0.4, -0.2) is 64.7 Å². The highest BCUT2D eigenvalue weighted by molar-refractivity contribution is 7.92. The summed E-state index contributed by atoms with van der Waals surface area (Å²) in [6, 6.07) is 8.51. The predicted molar refractivity (Wildman–Crippen MR) is 146 cm³/mol. The Morgan fingerprint density at radius 3 is 2.24 bits per heavy atom. The van der Waals surface area contributed by atoms with E-state index in [4.69, 9.17) is 32.7 Å². The molecule has 0 spiro atoms. The Kier molecular flexibility index (Phi) is 10.9. The zero-order valence-corrected chi connectivity index (χ0v) is 24.1. The third-order valence-electron chi connectivity index (χ3n) is 5.54. The van der Waals surface area contributed by atoms with Gasteiger partial charge in [0.2, 0.25) is 21.8 Å². The van der Waals surface area contributed by atoms with E-state index in [0.29, 0.717) is 27.9 Å². The van der Waals surface area contributed by atoms with E-state index in [9.17, 15) is 18.0 Å². The fraction of sp³-hybridized carbons (Fsp3) is 0.440. The van der Waals surface area contributed by atoms with Crippen LogP contribution in [0.5, 0.6) is 11.5 Å². The van der Waals surface area contributed by atoms with Crippen molar-refractivity contribution < 1.29 is 27.5 Å². The van der Waals surface area contributed by atoms with E-state index in [1.807, 2.05) is 13.8 Å². The number of rotatable bonds is 12. The lowest BCUT2D eigenvalue weighted by molar-refractivity contribution is -0.139. The third-order valence-corrected chi connectivity index (χ3v) is 7.25. The van der Waals surface area contributed by atoms with Crippen molar-refractivity contribution in [2.75, 3.05) is 37.9 Å². The molecule has 1 unspecified atom stereocenters. The number of nitrogens with one attached hydrogen (secondary N) is 1. The summed E-state index contributed by atoms with van der Waals surface area (Å²) in [7, 11) is -1.12. The lowest BCUT2D eigenvalue weighted by atomic mass is 10.1. The summed E-state index contributed by atoms with van der Waals surface area (Å²) in [4.78, 5) is 27.9. The topological polar surface area (TPSA) is 105 Å². The normalized spacial score (nSPS) is 12.1. The molecule has 204 valence electrons. The second-order valence-electron chi connectivity index (χ2n) is 8.88. The summed E-state index contributed by atoms with van der Waals surface area (Å²) in [5.41, 5.74) is 0.673. The van der Waals surface area contributed by atoms with Crippen LogP contribution in [0, 0.1) is 5.92 Å². The fourth-order valence-electron chi connectivity index (χ4n) is 3.45. The van der Waals surface area contributed by atoms with Gasteiger partial charge in [0.05, 0.1) is 26.2 Å². The van der Waals surface area contributed by atoms with Crippen molar-refractivity contribution in [1.29, 1.82) is 0 Å². The fourth-order valence-corrected chi connectivity index (χ4v) is 4.77. The van der Waals surface area contributed by atoms with E-state index in [-0.39, 0.29) is 29.8 Å². The van der Waals surface area contributed by atoms with Gasteiger partial charge >= 0.3 is 0 Å². The number of methoxy groups -OCH3 is 2. The monoisotopic (exact) mass is 573 g/mol. The lowest BCUT2D eigenvalue weighted by Gasteiger charge is -2.32. The van der Waals surface area contributed by atoms with Crippen LogP contribution in [0.3, 0.4) is 0 Å². The van der Waals surface area contributed by atoms with E-state index in [0.717, 1.165) is 10.6 Å². The molecule has 2 amide bonds. The second-order valence-corrected chi connectivity index (χ2v) is 11.6. The second kappa shape index (κ2) is 13.2. The van der Waals surface area contributed by atoms with Crippen LogP contribution in [0.2, 0.25) is 10.0 Å². The molecule has 2 rings (SSSR count). The zero-order chi connectivity index (χ0) is 27.9. The summed E-state index contributed by atoms with van der Waals surface area (Å²) < 4.78 is 37.2. The molecule has 2 aromatic carbocycles. The summed E-state index contributed by atoms with van der Waals surface area (Å²) >= 11 is 12.4. The van der Waals surface area contributed by atoms with Gasteiger partial charge in [-0.2, -0.15) is 0 Å². The van der Waals surface area contributed by atoms with E-state index in [1.54, 1.807) is 31.2 Å². The highest BCUT2D eigenvalue weighted by atomic mass is 35.5. The number of anilines is 1. The maximum atomic E-state index is 13.7. The Hall–Kier alpha value is -2.69. The molecule has 1 N–H and O–H groups in total. The Balaban J connectivity index is 2.49. The minimum Gasteiger partial charge on any atom is -0.497 e. The number of hydrogen-bond acceptors (Lipinski definition) is 6. The first-order valence-electron chi connectivity index (χ1n) is 11.5. The molecule has 0 saturated heterocycles. The van der Waals surface area contributed by atoms with E-state index < -0.39 is 28.5 Å². The van der Waals surface area contributed by atoms with Crippen LogP contribution in [0.1, 0.15) is 26.3 Å². The first-order chi connectivity index (χ1) is 17.3. The Bertz CT molecular complexity index is 1220. The van der Waals surface area contributed by atoms with Gasteiger partial charge in [-0.25, -0.2) is 8.42 Å². The molecule has 37 heavy (non-hydrogen) atoms. The van der Waals surface area contributed by atoms with Crippen molar-refractivity contribution in [3.05, 3.63) is 52.0 Å². The number of carbonyl (C=O) groups excluding carboxylic acids is 2. The Labute approximate surface area is 228 Å². The average molecular weight is 575 g/mol. The molecule has 0 bridgehead atoms. The van der Waals surface area contributed by atoms with Gasteiger partial charge in [-0.15, -0.1) is 0 Å². The van der Waals surface area contributed by atoms with Gasteiger partial charge in [0.25, 0.3) is 0 Å². The van der Waals surface area contributed by atoms with Crippen LogP contribution in [0.4, 0.5) is 5.69 Å². The van der Waals surface area contributed by atoms with E-state index >= 15 is 0 Å². The molecule has 1 atom stereocenters. The number of nitrogens with zero attached hydrogens (tertiary/aromatic N) is 2. The van der Waals surface area contributed by atoms with Crippen LogP contribution < -0.4 is 19.1 Å². The minimum absolute atomic E-state index is 0.0437. The molecule has 0 aromatic heterocycles. The Morgan fingerprint density at radius 1 is 1.03 bits per heavy atom. The third kappa shape index (κ3) is 8.41. The number of benzene rings is 2. The molecule has 0 aliphatic carbocycles. The van der Waals surface area contributed by atoms with Gasteiger partial charge in [-0.1, -0.05) is 43.1 Å². The number of hydrogen-bond donors (Lipinski definition) is 1. The number of ether oxygens (including phenoxy) is 2. The number of halogens is 2. The largest absolute Gasteiger partial charge is 0.497 e. The SMILES string of the molecule is COc1ccc(OC)c(N(CC(=O)N(Cc2ccc(Cl)cc2Cl)C(C)C(=O)NCC(C)C)S(C)(=O)=O)c1. The molecule has 9 nitrogen and oxygen atoms in total. The molecule has 0 fully saturated rings. The number of carbonyl (C=O) groups is 2. The van der Waals surface area contributed by atoms with Gasteiger partial charge in [0.1, 0.15) is 24.1 Å². The number of sulfonamides is 1. The van der Waals surface area contributed by atoms with Crippen molar-refractivity contribution in [2.24, 2.45) is 5.92 Å². The predicted octanol–water partition coefficient (Wildman–Crippen LogP) is 3.97. The standard InChI is InChI=1S/C25H33Cl2N3O6S/c1-16(2)13-28-25(32)17(3)29(14-18-7-8-19(26)11-21(18)27)24(31)15-30(37(6,33)34)22-12-20(35-4)9-10-23(22)36-5/h7-12,16-17H,13-15H2,1-6H3,(H,28,32). The maximum Gasteiger partial charge on any atom is 0.244 e. The molecular weight excluding hydrogens is 541 g/mol. The van der Waals surface area contributed by atoms with Crippen molar-refractivity contribution in [3.8, 4) is 11.5 Å². The zero-order valence-electron chi connectivity index (χ0n) is 21.7. The molecule has 0 heterocycles. The van der Waals surface area contributed by atoms with Crippen molar-refractivity contribution >= 4 is 50.7 Å². The average Bonchev–Trinajstić information content (AvgIpc) is 2.83. The highest BCUT2D eigenvalue weighted by Crippen LogP contribution is 2.34. The maximum absolute atomic E-state index is 13.7. The van der Waals surface area contributed by atoms with Gasteiger partial charge in [0.15, 0.2) is 0 Å². The molecule has 0 saturated carbocycles.